The highest BCUT2D eigenvalue weighted by Crippen LogP contribution is 2.50. The largest absolute Gasteiger partial charge is 0.497 e. The van der Waals surface area contributed by atoms with Gasteiger partial charge in [0.1, 0.15) is 5.76 Å². The van der Waals surface area contributed by atoms with E-state index in [-0.39, 0.29) is 7.43 Å². The van der Waals surface area contributed by atoms with Crippen LogP contribution in [-0.2, 0) is 4.74 Å². The highest BCUT2D eigenvalue weighted by atomic mass is 16.5. The first kappa shape index (κ1) is 18.3. The lowest BCUT2D eigenvalue weighted by Crippen LogP contribution is -2.15. The van der Waals surface area contributed by atoms with E-state index in [0.717, 1.165) is 50.3 Å². The maximum Gasteiger partial charge on any atom is 0.120 e. The SMILES string of the molecule is C.C=C1C(=C)C(c2c[nH]c3ccccc23)=C1/C1=C/N/C=C\C(OC)=C/C1=C. The molecule has 2 aliphatic rings. The number of rotatable bonds is 3. The summed E-state index contributed by atoms with van der Waals surface area (Å²) in [5, 5.41) is 4.36. The van der Waals surface area contributed by atoms with Gasteiger partial charge in [-0.1, -0.05) is 45.4 Å². The molecular weight excluding hydrogens is 332 g/mol. The highest BCUT2D eigenvalue weighted by Gasteiger charge is 2.32. The molecule has 0 atom stereocenters. The van der Waals surface area contributed by atoms with Gasteiger partial charge in [-0.3, -0.25) is 0 Å². The number of methoxy groups -OCH3 is 1. The van der Waals surface area contributed by atoms with Crippen LogP contribution < -0.4 is 5.32 Å². The Hall–Kier alpha value is -3.46. The predicted octanol–water partition coefficient (Wildman–Crippen LogP) is 5.77. The second-order valence-corrected chi connectivity index (χ2v) is 6.29. The summed E-state index contributed by atoms with van der Waals surface area (Å²) in [5.74, 6) is 0.742. The summed E-state index contributed by atoms with van der Waals surface area (Å²) in [6.45, 7) is 12.7. The van der Waals surface area contributed by atoms with Crippen LogP contribution in [0, 0.1) is 0 Å². The van der Waals surface area contributed by atoms with Gasteiger partial charge in [-0.05, 0) is 46.1 Å². The number of hydrogen-bond donors (Lipinski definition) is 2. The number of nitrogens with one attached hydrogen (secondary N) is 2. The summed E-state index contributed by atoms with van der Waals surface area (Å²) >= 11 is 0. The van der Waals surface area contributed by atoms with E-state index in [1.54, 1.807) is 7.11 Å². The van der Waals surface area contributed by atoms with Gasteiger partial charge in [-0.2, -0.15) is 0 Å². The minimum atomic E-state index is 0. The quantitative estimate of drug-likeness (QED) is 0.732. The first-order valence-electron chi connectivity index (χ1n) is 8.39. The van der Waals surface area contributed by atoms with Gasteiger partial charge in [0.25, 0.3) is 0 Å². The zero-order chi connectivity index (χ0) is 18.3. The number of benzene rings is 1. The Morgan fingerprint density at radius 3 is 2.52 bits per heavy atom. The van der Waals surface area contributed by atoms with Gasteiger partial charge in [0.15, 0.2) is 0 Å². The highest BCUT2D eigenvalue weighted by molar-refractivity contribution is 6.08. The van der Waals surface area contributed by atoms with Crippen LogP contribution in [0.25, 0.3) is 16.5 Å². The first-order chi connectivity index (χ1) is 12.6. The third-order valence-electron chi connectivity index (χ3n) is 4.82. The van der Waals surface area contributed by atoms with Crippen molar-refractivity contribution in [1.29, 1.82) is 0 Å². The summed E-state index contributed by atoms with van der Waals surface area (Å²) in [5.41, 5.74) is 8.17. The summed E-state index contributed by atoms with van der Waals surface area (Å²) < 4.78 is 5.37. The molecule has 2 aromatic rings. The second-order valence-electron chi connectivity index (χ2n) is 6.29. The predicted molar refractivity (Wildman–Crippen MR) is 115 cm³/mol. The number of aromatic nitrogens is 1. The minimum absolute atomic E-state index is 0. The maximum absolute atomic E-state index is 5.37. The van der Waals surface area contributed by atoms with Crippen molar-refractivity contribution in [3.63, 3.8) is 0 Å². The Kier molecular flexibility index (Phi) is 4.78. The average Bonchev–Trinajstić information content (AvgIpc) is 3.06. The molecule has 0 bridgehead atoms. The molecule has 4 rings (SSSR count). The van der Waals surface area contributed by atoms with Gasteiger partial charge in [0, 0.05) is 40.6 Å². The molecule has 3 heteroatoms. The molecule has 0 radical (unpaired) electrons. The van der Waals surface area contributed by atoms with Crippen LogP contribution in [0.1, 0.15) is 13.0 Å². The monoisotopic (exact) mass is 356 g/mol. The lowest BCUT2D eigenvalue weighted by atomic mass is 9.71. The number of para-hydroxylation sites is 1. The Bertz CT molecular complexity index is 1090. The lowest BCUT2D eigenvalue weighted by Gasteiger charge is -2.32. The number of allylic oxidation sites excluding steroid dienone is 8. The van der Waals surface area contributed by atoms with Crippen molar-refractivity contribution in [1.82, 2.24) is 10.3 Å². The van der Waals surface area contributed by atoms with E-state index in [2.05, 4.69) is 42.2 Å². The molecule has 27 heavy (non-hydrogen) atoms. The number of aromatic amines is 1. The molecule has 1 aromatic heterocycles. The van der Waals surface area contributed by atoms with Crippen LogP contribution in [0.3, 0.4) is 0 Å². The molecule has 1 aliphatic heterocycles. The molecule has 0 saturated carbocycles. The molecule has 2 heterocycles. The fraction of sp³-hybridized carbons (Fsp3) is 0.0833. The van der Waals surface area contributed by atoms with Gasteiger partial charge < -0.3 is 15.0 Å². The number of fused-ring (bicyclic) bond motifs is 1. The van der Waals surface area contributed by atoms with E-state index in [0.29, 0.717) is 0 Å². The van der Waals surface area contributed by atoms with Crippen molar-refractivity contribution in [3.8, 4) is 0 Å². The van der Waals surface area contributed by atoms with Crippen molar-refractivity contribution in [2.24, 2.45) is 0 Å². The average molecular weight is 356 g/mol. The van der Waals surface area contributed by atoms with Crippen molar-refractivity contribution in [2.45, 2.75) is 7.43 Å². The molecule has 2 N–H and O–H groups in total. The molecular formula is C24H24N2O. The summed E-state index contributed by atoms with van der Waals surface area (Å²) in [4.78, 5) is 3.34. The topological polar surface area (TPSA) is 37.0 Å². The van der Waals surface area contributed by atoms with Crippen molar-refractivity contribution < 1.29 is 4.74 Å². The summed E-state index contributed by atoms with van der Waals surface area (Å²) in [7, 11) is 1.65. The third kappa shape index (κ3) is 2.87. The van der Waals surface area contributed by atoms with Crippen LogP contribution in [0.4, 0.5) is 0 Å². The van der Waals surface area contributed by atoms with Crippen LogP contribution in [0.15, 0.2) is 108 Å². The number of ether oxygens (including phenoxy) is 1. The fourth-order valence-corrected chi connectivity index (χ4v) is 3.43. The lowest BCUT2D eigenvalue weighted by molar-refractivity contribution is 0.306. The molecule has 0 fully saturated rings. The van der Waals surface area contributed by atoms with E-state index >= 15 is 0 Å². The van der Waals surface area contributed by atoms with E-state index < -0.39 is 0 Å². The number of H-pyrrole nitrogens is 1. The smallest absolute Gasteiger partial charge is 0.120 e. The molecule has 1 aliphatic carbocycles. The first-order valence-corrected chi connectivity index (χ1v) is 8.39. The van der Waals surface area contributed by atoms with Crippen LogP contribution in [0.2, 0.25) is 0 Å². The molecule has 3 nitrogen and oxygen atoms in total. The van der Waals surface area contributed by atoms with E-state index in [1.165, 1.54) is 5.39 Å². The molecule has 0 amide bonds. The van der Waals surface area contributed by atoms with Crippen LogP contribution >= 0.6 is 0 Å². The molecule has 136 valence electrons. The standard InChI is InChI=1S/C23H20N2O.CH4/c1-14-11-17(26-4)9-10-24-12-19(14)22-15(2)16(3)23(22)20-13-25-21-8-6-5-7-18(20)21;/h5-13,24-25H,1-3H2,4H3;1H4/b10-9-,17-11+,19-12+;. The Labute approximate surface area is 160 Å². The second kappa shape index (κ2) is 7.04. The third-order valence-corrected chi connectivity index (χ3v) is 4.82. The van der Waals surface area contributed by atoms with Gasteiger partial charge in [0.2, 0.25) is 0 Å². The van der Waals surface area contributed by atoms with Gasteiger partial charge in [-0.25, -0.2) is 0 Å². The molecule has 0 saturated heterocycles. The van der Waals surface area contributed by atoms with Gasteiger partial charge in [0.05, 0.1) is 7.11 Å². The zero-order valence-electron chi connectivity index (χ0n) is 14.7. The van der Waals surface area contributed by atoms with Crippen molar-refractivity contribution >= 4 is 16.5 Å². The number of hydrogen-bond acceptors (Lipinski definition) is 2. The molecule has 1 aromatic carbocycles. The van der Waals surface area contributed by atoms with Gasteiger partial charge >= 0.3 is 0 Å². The van der Waals surface area contributed by atoms with Crippen molar-refractivity contribution in [3.05, 3.63) is 114 Å². The Morgan fingerprint density at radius 2 is 1.74 bits per heavy atom. The summed E-state index contributed by atoms with van der Waals surface area (Å²) in [6.07, 6.45) is 9.61. The molecule has 0 unspecified atom stereocenters. The molecule has 0 spiro atoms. The fourth-order valence-electron chi connectivity index (χ4n) is 3.43. The van der Waals surface area contributed by atoms with Crippen LogP contribution in [0.5, 0.6) is 0 Å². The Morgan fingerprint density at radius 1 is 1.00 bits per heavy atom. The minimum Gasteiger partial charge on any atom is -0.497 e. The van der Waals surface area contributed by atoms with E-state index in [4.69, 9.17) is 4.74 Å². The van der Waals surface area contributed by atoms with E-state index in [1.807, 2.05) is 42.9 Å². The maximum atomic E-state index is 5.37. The van der Waals surface area contributed by atoms with Crippen LogP contribution in [-0.4, -0.2) is 12.1 Å². The Balaban J connectivity index is 0.00000210. The van der Waals surface area contributed by atoms with E-state index in [9.17, 15) is 0 Å². The normalized spacial score (nSPS) is 21.7. The van der Waals surface area contributed by atoms with Gasteiger partial charge in [-0.15, -0.1) is 0 Å². The van der Waals surface area contributed by atoms with Crippen molar-refractivity contribution in [2.75, 3.05) is 7.11 Å². The zero-order valence-corrected chi connectivity index (χ0v) is 14.7. The summed E-state index contributed by atoms with van der Waals surface area (Å²) in [6, 6.07) is 8.26.